The van der Waals surface area contributed by atoms with Gasteiger partial charge in [0.2, 0.25) is 0 Å². The predicted octanol–water partition coefficient (Wildman–Crippen LogP) is 43.3. The van der Waals surface area contributed by atoms with Crippen LogP contribution >= 0.6 is 15.9 Å². The van der Waals surface area contributed by atoms with Crippen molar-refractivity contribution < 1.29 is 0 Å². The zero-order chi connectivity index (χ0) is 100. The largest absolute Gasteiger partial charge is 0.103 e. The van der Waals surface area contributed by atoms with Crippen molar-refractivity contribution in [3.63, 3.8) is 0 Å². The van der Waals surface area contributed by atoms with Gasteiger partial charge in [0.25, 0.3) is 0 Å². The van der Waals surface area contributed by atoms with Gasteiger partial charge in [0.15, 0.2) is 0 Å². The molecule has 0 rings (SSSR count). The van der Waals surface area contributed by atoms with Crippen molar-refractivity contribution in [2.24, 2.45) is 0 Å². The highest BCUT2D eigenvalue weighted by Gasteiger charge is 2.45. The molecule has 0 aliphatic carbocycles. The first-order valence-electron chi connectivity index (χ1n) is 53.7. The number of rotatable bonds is 105. The first-order valence-corrected chi connectivity index (χ1v) is 91.6. The number of halogens is 1. The van der Waals surface area contributed by atoms with Crippen molar-refractivity contribution in [3.05, 3.63) is 342 Å². The third kappa shape index (κ3) is 49.3. The first kappa shape index (κ1) is 130. The quantitative estimate of drug-likeness (QED) is 0.0323. The van der Waals surface area contributed by atoms with E-state index in [1.54, 1.807) is 0 Å². The fraction of sp³-hybridized carbons (Fsp3) is 0.550. The van der Waals surface area contributed by atoms with Gasteiger partial charge in [0.05, 0.1) is 105 Å². The molecule has 0 aromatic heterocycles. The molecule has 0 N–H and O–H groups in total. The van der Waals surface area contributed by atoms with Gasteiger partial charge in [-0.15, -0.1) is 178 Å². The average molecular weight is 2100 g/mol. The Balaban J connectivity index is 10.7. The molecule has 752 valence electrons. The number of alkyl halides is 1. The molecule has 0 saturated heterocycles. The number of hydrogen-bond donors (Lipinski definition) is 0. The molecule has 14 heteroatoms. The molecule has 0 bridgehead atoms. The molecule has 0 nitrogen and oxygen atoms in total. The van der Waals surface area contributed by atoms with E-state index in [-0.39, 0.29) is 0 Å². The Hall–Kier alpha value is -3.72. The van der Waals surface area contributed by atoms with Crippen LogP contribution in [0, 0.1) is 0 Å². The van der Waals surface area contributed by atoms with Gasteiger partial charge < -0.3 is 0 Å². The van der Waals surface area contributed by atoms with Gasteiger partial charge >= 0.3 is 0 Å². The van der Waals surface area contributed by atoms with Gasteiger partial charge in [-0.3, -0.25) is 0 Å². The summed E-state index contributed by atoms with van der Waals surface area (Å²) in [4.78, 5) is 0. The first-order chi connectivity index (χ1) is 64.7. The van der Waals surface area contributed by atoms with Crippen LogP contribution in [0.4, 0.5) is 0 Å². The van der Waals surface area contributed by atoms with Crippen molar-refractivity contribution in [2.45, 2.75) is 398 Å². The summed E-state index contributed by atoms with van der Waals surface area (Å²) in [6.45, 7) is 121. The molecule has 0 saturated carbocycles. The molecular formula is C120H213BrSi13. The summed E-state index contributed by atoms with van der Waals surface area (Å²) in [6.07, 6.45) is 78.7. The van der Waals surface area contributed by atoms with Crippen LogP contribution in [0.15, 0.2) is 342 Å². The molecule has 0 heterocycles. The minimum Gasteiger partial charge on any atom is -0.103 e. The molecule has 0 aromatic carbocycles. The second kappa shape index (κ2) is 76.0. The van der Waals surface area contributed by atoms with Crippen LogP contribution in [0.5, 0.6) is 0 Å². The van der Waals surface area contributed by atoms with E-state index in [0.29, 0.717) is 0 Å². The minimum absolute atomic E-state index is 1.08. The second-order valence-electron chi connectivity index (χ2n) is 43.8. The third-order valence-electron chi connectivity index (χ3n) is 33.4. The fourth-order valence-electron chi connectivity index (χ4n) is 26.8. The molecule has 0 amide bonds. The van der Waals surface area contributed by atoms with Gasteiger partial charge in [-0.25, -0.2) is 0 Å². The lowest BCUT2D eigenvalue weighted by molar-refractivity contribution is 0.818. The highest BCUT2D eigenvalue weighted by atomic mass is 79.9. The van der Waals surface area contributed by atoms with Crippen LogP contribution in [-0.4, -0.2) is 110 Å². The summed E-state index contributed by atoms with van der Waals surface area (Å²) < 4.78 is 0. The Morgan fingerprint density at radius 1 is 0.0970 bits per heavy atom. The molecule has 0 unspecified atom stereocenters. The van der Waals surface area contributed by atoms with E-state index < -0.39 is 105 Å². The molecule has 0 radical (unpaired) electrons. The highest BCUT2D eigenvalue weighted by molar-refractivity contribution is 9.09. The standard InChI is InChI=1S/C120H213BrSi13/c1-28-69-122(70-29-2,71-30-3)97-56-109-132(110-57-98-123(72-31-4,73-32-5)74-33-6,111-58-99-124(75-34-7,76-35-8)77-36-9)118-65-106-131(96-55-68-121,107-66-119-133(112-59-100-125(78-37-10,79-38-11)80-39-12,113-60-101-126(81-40-13,82-41-14)83-42-15)114-61-102-127(84-43-16,85-44-17)86-45-18)108-67-120-134(115-62-103-128(87-46-19,88-47-20)89-48-21,116-63-104-129(90-49-22,91-50-23)92-51-24)117-64-105-130(93-52-25,94-53-26)95-54-27/h28-54H,1-27,55-120H2. The van der Waals surface area contributed by atoms with Crippen molar-refractivity contribution >= 4 is 121 Å². The molecule has 0 aliphatic rings. The molecule has 0 atom stereocenters. The highest BCUT2D eigenvalue weighted by Crippen LogP contribution is 2.49. The van der Waals surface area contributed by atoms with Crippen LogP contribution in [0.1, 0.15) is 83.5 Å². The number of allylic oxidation sites excluding steroid dienone is 27. The Labute approximate surface area is 857 Å². The van der Waals surface area contributed by atoms with Gasteiger partial charge in [-0.1, -0.05) is 408 Å². The maximum absolute atomic E-state index is 4.48. The molecule has 0 fully saturated rings. The van der Waals surface area contributed by atoms with Gasteiger partial charge in [0, 0.05) is 5.33 Å². The van der Waals surface area contributed by atoms with Crippen LogP contribution in [-0.2, 0) is 0 Å². The lowest BCUT2D eigenvalue weighted by Crippen LogP contribution is -2.41. The lowest BCUT2D eigenvalue weighted by Gasteiger charge is -2.41. The normalized spacial score (nSPS) is 12.6. The molecule has 0 aliphatic heterocycles. The third-order valence-corrected chi connectivity index (χ3v) is 100. The molecule has 0 spiro atoms. The predicted molar refractivity (Wildman–Crippen MR) is 674 cm³/mol. The number of hydrogen-bond acceptors (Lipinski definition) is 0. The van der Waals surface area contributed by atoms with E-state index in [1.807, 2.05) is 0 Å². The monoisotopic (exact) mass is 2100 g/mol. The Morgan fingerprint density at radius 3 is 0.216 bits per heavy atom. The second-order valence-corrected chi connectivity index (χ2v) is 107. The molecule has 0 aromatic rings. The summed E-state index contributed by atoms with van der Waals surface area (Å²) in [6, 6.07) is 65.6. The van der Waals surface area contributed by atoms with Crippen LogP contribution in [0.25, 0.3) is 0 Å². The van der Waals surface area contributed by atoms with Crippen LogP contribution < -0.4 is 0 Å². The maximum atomic E-state index is 4.48. The summed E-state index contributed by atoms with van der Waals surface area (Å²) in [5.74, 6) is 0. The molecular weight excluding hydrogens is 1890 g/mol. The SMILES string of the molecule is C=CC[Si](CC=C)(CC=C)CCC[Si](CCC[Si](CC=C)(CC=C)CC=C)(CCC[Si](CC=C)(CC=C)CC=C)CCC[Si](CCCBr)(CCC[Si](CCC[Si](CC=C)(CC=C)CC=C)(CCC[Si](CC=C)(CC=C)CC=C)CCC[Si](CC=C)(CC=C)CC=C)CCC[Si](CCC[Si](CC=C)(CC=C)CC=C)(CCC[Si](CC=C)(CC=C)CC=C)CCC[Si](CC=C)(CC=C)CC=C. The summed E-state index contributed by atoms with van der Waals surface area (Å²) in [5.41, 5.74) is 0. The van der Waals surface area contributed by atoms with E-state index >= 15 is 0 Å². The topological polar surface area (TPSA) is 0 Å². The fourth-order valence-corrected chi connectivity index (χ4v) is 87.5. The zero-order valence-electron chi connectivity index (χ0n) is 88.2. The average Bonchev–Trinajstić information content (AvgIpc) is 0.817. The van der Waals surface area contributed by atoms with Gasteiger partial charge in [0.1, 0.15) is 0 Å². The summed E-state index contributed by atoms with van der Waals surface area (Å²) in [5, 5.41) is 1.08. The Kier molecular flexibility index (Phi) is 73.9. The minimum atomic E-state index is -2.16. The Morgan fingerprint density at radius 2 is 0.157 bits per heavy atom. The summed E-state index contributed by atoms with van der Waals surface area (Å²) >= 11 is 4.31. The van der Waals surface area contributed by atoms with Crippen molar-refractivity contribution in [2.75, 3.05) is 5.33 Å². The van der Waals surface area contributed by atoms with E-state index in [9.17, 15) is 0 Å². The van der Waals surface area contributed by atoms with E-state index in [0.717, 1.165) is 169 Å². The smallest absolute Gasteiger partial charge is 0.0647 e. The van der Waals surface area contributed by atoms with E-state index in [2.05, 4.69) is 358 Å². The van der Waals surface area contributed by atoms with E-state index in [1.165, 1.54) is 235 Å². The van der Waals surface area contributed by atoms with Crippen molar-refractivity contribution in [1.82, 2.24) is 0 Å². The zero-order valence-corrected chi connectivity index (χ0v) is 103. The van der Waals surface area contributed by atoms with E-state index in [4.69, 9.17) is 0 Å². The molecule has 134 heavy (non-hydrogen) atoms. The van der Waals surface area contributed by atoms with Crippen LogP contribution in [0.3, 0.4) is 0 Å². The Bertz CT molecular complexity index is 2600. The lowest BCUT2D eigenvalue weighted by atomic mass is 10.5. The maximum Gasteiger partial charge on any atom is 0.0647 e. The van der Waals surface area contributed by atoms with Crippen LogP contribution in [0.2, 0.25) is 314 Å². The van der Waals surface area contributed by atoms with Crippen molar-refractivity contribution in [1.29, 1.82) is 0 Å². The van der Waals surface area contributed by atoms with Gasteiger partial charge in [-0.2, -0.15) is 0 Å². The van der Waals surface area contributed by atoms with Gasteiger partial charge in [-0.05, 0) is 170 Å². The summed E-state index contributed by atoms with van der Waals surface area (Å²) in [7, 11) is -24.9. The van der Waals surface area contributed by atoms with Crippen molar-refractivity contribution in [3.8, 4) is 0 Å².